The molecule has 0 spiro atoms. The highest BCUT2D eigenvalue weighted by Crippen LogP contribution is 2.23. The van der Waals surface area contributed by atoms with Crippen LogP contribution in [0, 0.1) is 0 Å². The molecule has 0 atom stereocenters. The zero-order valence-corrected chi connectivity index (χ0v) is 13.9. The van der Waals surface area contributed by atoms with Crippen molar-refractivity contribution in [3.8, 4) is 0 Å². The number of aromatic nitrogens is 4. The van der Waals surface area contributed by atoms with Crippen LogP contribution in [-0.2, 0) is 18.4 Å². The van der Waals surface area contributed by atoms with Gasteiger partial charge in [0.15, 0.2) is 5.65 Å². The summed E-state index contributed by atoms with van der Waals surface area (Å²) in [6, 6.07) is 7.41. The summed E-state index contributed by atoms with van der Waals surface area (Å²) in [4.78, 5) is 20.4. The van der Waals surface area contributed by atoms with Gasteiger partial charge < -0.3 is 5.32 Å². The lowest BCUT2D eigenvalue weighted by molar-refractivity contribution is -0.118. The van der Waals surface area contributed by atoms with Crippen LogP contribution < -0.4 is 5.32 Å². The molecule has 0 aliphatic rings. The molecule has 1 N–H and O–H groups in total. The Hall–Kier alpha value is -2.12. The van der Waals surface area contributed by atoms with Gasteiger partial charge in [0, 0.05) is 18.6 Å². The number of amides is 1. The Labute approximate surface area is 142 Å². The van der Waals surface area contributed by atoms with Gasteiger partial charge in [-0.15, -0.1) is 0 Å². The van der Waals surface area contributed by atoms with Crippen LogP contribution in [0.15, 0.2) is 41.8 Å². The van der Waals surface area contributed by atoms with E-state index in [0.29, 0.717) is 11.6 Å². The van der Waals surface area contributed by atoms with Gasteiger partial charge in [-0.2, -0.15) is 5.10 Å². The van der Waals surface area contributed by atoms with E-state index < -0.39 is 0 Å². The lowest BCUT2D eigenvalue weighted by atomic mass is 10.2. The summed E-state index contributed by atoms with van der Waals surface area (Å²) in [6.07, 6.45) is 3.19. The number of halogens is 1. The monoisotopic (exact) mass is 347 g/mol. The number of carbonyl (C=O) groups is 1. The van der Waals surface area contributed by atoms with E-state index in [1.165, 1.54) is 18.1 Å². The van der Waals surface area contributed by atoms with E-state index in [2.05, 4.69) is 20.4 Å². The third-order valence-electron chi connectivity index (χ3n) is 3.21. The molecule has 6 nitrogen and oxygen atoms in total. The van der Waals surface area contributed by atoms with Crippen molar-refractivity contribution in [1.82, 2.24) is 25.1 Å². The molecule has 23 heavy (non-hydrogen) atoms. The van der Waals surface area contributed by atoms with Crippen LogP contribution in [0.1, 0.15) is 5.56 Å². The molecule has 0 unspecified atom stereocenters. The molecule has 1 amide bonds. The molecule has 0 saturated heterocycles. The molecule has 2 aromatic heterocycles. The average Bonchev–Trinajstić information content (AvgIpc) is 2.93. The summed E-state index contributed by atoms with van der Waals surface area (Å²) in [5, 5.41) is 9.28. The molecule has 0 saturated carbocycles. The SMILES string of the molecule is Cn1ncc2c(SCC(=O)NCc3cccc(Cl)c3)ncnc21. The maximum Gasteiger partial charge on any atom is 0.230 e. The molecule has 3 aromatic rings. The molecule has 0 fully saturated rings. The minimum absolute atomic E-state index is 0.0642. The second-order valence-corrected chi connectivity index (χ2v) is 6.28. The second-order valence-electron chi connectivity index (χ2n) is 4.88. The summed E-state index contributed by atoms with van der Waals surface area (Å²) in [6.45, 7) is 0.450. The molecule has 1 aromatic carbocycles. The van der Waals surface area contributed by atoms with Crippen molar-refractivity contribution in [2.45, 2.75) is 11.6 Å². The fourth-order valence-corrected chi connectivity index (χ4v) is 3.09. The number of rotatable bonds is 5. The molecule has 0 aliphatic carbocycles. The first-order valence-electron chi connectivity index (χ1n) is 6.90. The Morgan fingerprint density at radius 1 is 1.39 bits per heavy atom. The summed E-state index contributed by atoms with van der Waals surface area (Å²) < 4.78 is 1.68. The normalized spacial score (nSPS) is 10.9. The number of aryl methyl sites for hydroxylation is 1. The van der Waals surface area contributed by atoms with E-state index in [1.54, 1.807) is 16.9 Å². The lowest BCUT2D eigenvalue weighted by Crippen LogP contribution is -2.24. The van der Waals surface area contributed by atoms with Crippen LogP contribution >= 0.6 is 23.4 Å². The molecule has 0 radical (unpaired) electrons. The number of nitrogens with zero attached hydrogens (tertiary/aromatic N) is 4. The highest BCUT2D eigenvalue weighted by Gasteiger charge is 2.10. The summed E-state index contributed by atoms with van der Waals surface area (Å²) >= 11 is 7.29. The number of fused-ring (bicyclic) bond motifs is 1. The van der Waals surface area contributed by atoms with Crippen molar-refractivity contribution >= 4 is 40.3 Å². The van der Waals surface area contributed by atoms with E-state index in [9.17, 15) is 4.79 Å². The number of benzene rings is 1. The van der Waals surface area contributed by atoms with Gasteiger partial charge in [-0.3, -0.25) is 9.48 Å². The van der Waals surface area contributed by atoms with E-state index in [1.807, 2.05) is 25.2 Å². The fraction of sp³-hybridized carbons (Fsp3) is 0.200. The second kappa shape index (κ2) is 6.97. The molecule has 8 heteroatoms. The van der Waals surface area contributed by atoms with Crippen LogP contribution in [0.25, 0.3) is 11.0 Å². The number of carbonyl (C=O) groups excluding carboxylic acids is 1. The number of hydrogen-bond donors (Lipinski definition) is 1. The quantitative estimate of drug-likeness (QED) is 0.567. The molecule has 0 bridgehead atoms. The number of hydrogen-bond acceptors (Lipinski definition) is 5. The third kappa shape index (κ3) is 3.80. The molecule has 118 valence electrons. The van der Waals surface area contributed by atoms with Gasteiger partial charge in [-0.1, -0.05) is 35.5 Å². The first kappa shape index (κ1) is 15.8. The van der Waals surface area contributed by atoms with E-state index in [-0.39, 0.29) is 11.7 Å². The predicted molar refractivity (Wildman–Crippen MR) is 90.3 cm³/mol. The van der Waals surface area contributed by atoms with E-state index in [0.717, 1.165) is 21.6 Å². The minimum atomic E-state index is -0.0642. The van der Waals surface area contributed by atoms with Gasteiger partial charge in [-0.25, -0.2) is 9.97 Å². The maximum absolute atomic E-state index is 12.0. The van der Waals surface area contributed by atoms with Crippen LogP contribution in [0.4, 0.5) is 0 Å². The Bertz CT molecular complexity index is 851. The van der Waals surface area contributed by atoms with Gasteiger partial charge in [0.1, 0.15) is 11.4 Å². The van der Waals surface area contributed by atoms with Gasteiger partial charge in [0.05, 0.1) is 17.3 Å². The Morgan fingerprint density at radius 3 is 3.09 bits per heavy atom. The van der Waals surface area contributed by atoms with Gasteiger partial charge >= 0.3 is 0 Å². The van der Waals surface area contributed by atoms with Crippen molar-refractivity contribution in [3.63, 3.8) is 0 Å². The van der Waals surface area contributed by atoms with Crippen molar-refractivity contribution < 1.29 is 4.79 Å². The van der Waals surface area contributed by atoms with Crippen LogP contribution in [0.2, 0.25) is 5.02 Å². The van der Waals surface area contributed by atoms with Gasteiger partial charge in [0.2, 0.25) is 5.91 Å². The number of thioether (sulfide) groups is 1. The maximum atomic E-state index is 12.0. The van der Waals surface area contributed by atoms with E-state index in [4.69, 9.17) is 11.6 Å². The molecule has 2 heterocycles. The Kier molecular flexibility index (Phi) is 4.78. The highest BCUT2D eigenvalue weighted by molar-refractivity contribution is 8.00. The number of nitrogens with one attached hydrogen (secondary N) is 1. The van der Waals surface area contributed by atoms with Crippen molar-refractivity contribution in [2.75, 3.05) is 5.75 Å². The largest absolute Gasteiger partial charge is 0.351 e. The molecule has 0 aliphatic heterocycles. The van der Waals surface area contributed by atoms with Crippen molar-refractivity contribution in [3.05, 3.63) is 47.4 Å². The van der Waals surface area contributed by atoms with Crippen LogP contribution in [-0.4, -0.2) is 31.4 Å². The minimum Gasteiger partial charge on any atom is -0.351 e. The standard InChI is InChI=1S/C15H14ClN5OS/c1-21-14-12(7-20-21)15(19-9-18-14)23-8-13(22)17-6-10-3-2-4-11(16)5-10/h2-5,7,9H,6,8H2,1H3,(H,17,22). The summed E-state index contributed by atoms with van der Waals surface area (Å²) in [7, 11) is 1.82. The van der Waals surface area contributed by atoms with Crippen molar-refractivity contribution in [2.24, 2.45) is 7.05 Å². The van der Waals surface area contributed by atoms with Crippen LogP contribution in [0.3, 0.4) is 0 Å². The van der Waals surface area contributed by atoms with Crippen LogP contribution in [0.5, 0.6) is 0 Å². The van der Waals surface area contributed by atoms with Gasteiger partial charge in [0.25, 0.3) is 0 Å². The summed E-state index contributed by atoms with van der Waals surface area (Å²) in [5.74, 6) is 0.215. The Morgan fingerprint density at radius 2 is 2.26 bits per heavy atom. The predicted octanol–water partition coefficient (Wildman–Crippen LogP) is 2.43. The fourth-order valence-electron chi connectivity index (χ4n) is 2.09. The third-order valence-corrected chi connectivity index (χ3v) is 4.45. The molecular formula is C15H14ClN5OS. The van der Waals surface area contributed by atoms with Gasteiger partial charge in [-0.05, 0) is 17.7 Å². The zero-order chi connectivity index (χ0) is 16.2. The zero-order valence-electron chi connectivity index (χ0n) is 12.4. The summed E-state index contributed by atoms with van der Waals surface area (Å²) in [5.41, 5.74) is 1.72. The first-order chi connectivity index (χ1) is 11.1. The topological polar surface area (TPSA) is 72.7 Å². The van der Waals surface area contributed by atoms with E-state index >= 15 is 0 Å². The van der Waals surface area contributed by atoms with Crippen molar-refractivity contribution in [1.29, 1.82) is 0 Å². The highest BCUT2D eigenvalue weighted by atomic mass is 35.5. The average molecular weight is 348 g/mol. The smallest absolute Gasteiger partial charge is 0.230 e. The lowest BCUT2D eigenvalue weighted by Gasteiger charge is -2.06. The Balaban J connectivity index is 1.58. The molecule has 3 rings (SSSR count). The molecular weight excluding hydrogens is 334 g/mol. The first-order valence-corrected chi connectivity index (χ1v) is 8.26.